The van der Waals surface area contributed by atoms with Crippen LogP contribution in [0.15, 0.2) is 11.6 Å². The molecule has 0 unspecified atom stereocenters. The van der Waals surface area contributed by atoms with Gasteiger partial charge in [0.15, 0.2) is 0 Å². The van der Waals surface area contributed by atoms with Gasteiger partial charge in [0.25, 0.3) is 5.91 Å². The van der Waals surface area contributed by atoms with Crippen LogP contribution in [0.2, 0.25) is 0 Å². The number of carbonyl (C=O) groups is 1. The molecule has 2 aliphatic rings. The number of hydrogen-bond donors (Lipinski definition) is 1. The summed E-state index contributed by atoms with van der Waals surface area (Å²) in [6.07, 6.45) is 6.21. The fourth-order valence-corrected chi connectivity index (χ4v) is 3.04. The zero-order chi connectivity index (χ0) is 16.4. The van der Waals surface area contributed by atoms with Crippen molar-refractivity contribution in [2.24, 2.45) is 0 Å². The molecule has 2 heterocycles. The van der Waals surface area contributed by atoms with E-state index in [1.165, 1.54) is 0 Å². The number of rotatable bonds is 5. The Balaban J connectivity index is 1.79. The van der Waals surface area contributed by atoms with Gasteiger partial charge in [-0.15, -0.1) is 0 Å². The molecule has 2 fully saturated rings. The summed E-state index contributed by atoms with van der Waals surface area (Å²) in [6.45, 7) is 5.76. The van der Waals surface area contributed by atoms with E-state index in [0.717, 1.165) is 55.8 Å². The van der Waals surface area contributed by atoms with Crippen molar-refractivity contribution in [3.63, 3.8) is 0 Å². The Bertz CT molecular complexity index is 671. The molecule has 1 aromatic heterocycles. The number of nitriles is 1. The van der Waals surface area contributed by atoms with Gasteiger partial charge in [0.1, 0.15) is 11.6 Å². The first-order chi connectivity index (χ1) is 11.1. The van der Waals surface area contributed by atoms with Crippen molar-refractivity contribution >= 4 is 12.0 Å². The number of hydrogen-bond acceptors (Lipinski definition) is 3. The molecule has 5 nitrogen and oxygen atoms in total. The largest absolute Gasteiger partial charge is 0.376 e. The van der Waals surface area contributed by atoms with E-state index in [4.69, 9.17) is 4.74 Å². The minimum Gasteiger partial charge on any atom is -0.376 e. The molecule has 0 radical (unpaired) electrons. The van der Waals surface area contributed by atoms with Crippen LogP contribution < -0.4 is 5.32 Å². The molecular formula is C18H23N3O2. The fourth-order valence-electron chi connectivity index (χ4n) is 3.04. The predicted molar refractivity (Wildman–Crippen MR) is 87.6 cm³/mol. The summed E-state index contributed by atoms with van der Waals surface area (Å²) in [4.78, 5) is 12.1. The molecule has 1 saturated carbocycles. The molecule has 0 aromatic carbocycles. The second-order valence-electron chi connectivity index (χ2n) is 6.49. The minimum atomic E-state index is -0.265. The summed E-state index contributed by atoms with van der Waals surface area (Å²) < 4.78 is 7.93. The highest BCUT2D eigenvalue weighted by Gasteiger charge is 2.25. The van der Waals surface area contributed by atoms with E-state index in [9.17, 15) is 10.1 Å². The third-order valence-corrected chi connectivity index (χ3v) is 4.60. The maximum Gasteiger partial charge on any atom is 0.262 e. The number of aromatic nitrogens is 1. The molecule has 5 heteroatoms. The van der Waals surface area contributed by atoms with Crippen LogP contribution in [0.25, 0.3) is 6.08 Å². The van der Waals surface area contributed by atoms with E-state index < -0.39 is 0 Å². The summed E-state index contributed by atoms with van der Waals surface area (Å²) >= 11 is 0. The van der Waals surface area contributed by atoms with E-state index in [1.807, 2.05) is 19.1 Å². The zero-order valence-electron chi connectivity index (χ0n) is 13.8. The lowest BCUT2D eigenvalue weighted by Crippen LogP contribution is -2.26. The summed E-state index contributed by atoms with van der Waals surface area (Å²) in [6, 6.07) is 4.32. The highest BCUT2D eigenvalue weighted by molar-refractivity contribution is 6.02. The van der Waals surface area contributed by atoms with E-state index in [-0.39, 0.29) is 23.6 Å². The van der Waals surface area contributed by atoms with Crippen molar-refractivity contribution in [2.75, 3.05) is 6.61 Å². The van der Waals surface area contributed by atoms with Crippen LogP contribution in [0.4, 0.5) is 0 Å². The third-order valence-electron chi connectivity index (χ3n) is 4.60. The van der Waals surface area contributed by atoms with Crippen molar-refractivity contribution in [3.8, 4) is 6.07 Å². The normalized spacial score (nSPS) is 21.3. The van der Waals surface area contributed by atoms with Gasteiger partial charge in [-0.05, 0) is 57.2 Å². The average Bonchev–Trinajstić information content (AvgIpc) is 3.11. The second kappa shape index (κ2) is 6.59. The van der Waals surface area contributed by atoms with Gasteiger partial charge in [-0.2, -0.15) is 5.26 Å². The lowest BCUT2D eigenvalue weighted by Gasteiger charge is -2.14. The van der Waals surface area contributed by atoms with E-state index in [0.29, 0.717) is 0 Å². The Kier molecular flexibility index (Phi) is 4.53. The van der Waals surface area contributed by atoms with Gasteiger partial charge in [-0.3, -0.25) is 4.79 Å². The Morgan fingerprint density at radius 2 is 2.26 bits per heavy atom. The summed E-state index contributed by atoms with van der Waals surface area (Å²) in [5.41, 5.74) is 3.31. The van der Waals surface area contributed by atoms with Crippen LogP contribution in [-0.2, 0) is 16.1 Å². The first-order valence-corrected chi connectivity index (χ1v) is 8.29. The molecule has 1 aliphatic carbocycles. The monoisotopic (exact) mass is 313 g/mol. The highest BCUT2D eigenvalue weighted by atomic mass is 16.5. The molecule has 0 spiro atoms. The smallest absolute Gasteiger partial charge is 0.262 e. The summed E-state index contributed by atoms with van der Waals surface area (Å²) in [5, 5.41) is 12.2. The molecule has 0 bridgehead atoms. The lowest BCUT2D eigenvalue weighted by molar-refractivity contribution is -0.117. The van der Waals surface area contributed by atoms with Crippen molar-refractivity contribution in [1.82, 2.24) is 9.88 Å². The molecule has 23 heavy (non-hydrogen) atoms. The van der Waals surface area contributed by atoms with Crippen molar-refractivity contribution in [1.29, 1.82) is 5.26 Å². The first kappa shape index (κ1) is 15.8. The summed E-state index contributed by atoms with van der Waals surface area (Å²) in [5.74, 6) is -0.265. The number of nitrogens with one attached hydrogen (secondary N) is 1. The molecular weight excluding hydrogens is 290 g/mol. The van der Waals surface area contributed by atoms with Gasteiger partial charge in [0, 0.05) is 30.6 Å². The van der Waals surface area contributed by atoms with Gasteiger partial charge in [0.2, 0.25) is 0 Å². The van der Waals surface area contributed by atoms with E-state index >= 15 is 0 Å². The number of ether oxygens (including phenoxy) is 1. The second-order valence-corrected chi connectivity index (χ2v) is 6.49. The first-order valence-electron chi connectivity index (χ1n) is 8.29. The quantitative estimate of drug-likeness (QED) is 0.671. The topological polar surface area (TPSA) is 67.0 Å². The van der Waals surface area contributed by atoms with Crippen LogP contribution in [0, 0.1) is 25.2 Å². The van der Waals surface area contributed by atoms with Gasteiger partial charge in [-0.1, -0.05) is 0 Å². The van der Waals surface area contributed by atoms with Crippen molar-refractivity contribution in [3.05, 3.63) is 28.6 Å². The molecule has 1 atom stereocenters. The van der Waals surface area contributed by atoms with E-state index in [2.05, 4.69) is 16.8 Å². The number of nitrogens with zero attached hydrogens (tertiary/aromatic N) is 2. The van der Waals surface area contributed by atoms with Gasteiger partial charge >= 0.3 is 0 Å². The van der Waals surface area contributed by atoms with Gasteiger partial charge in [0.05, 0.1) is 6.10 Å². The average molecular weight is 313 g/mol. The van der Waals surface area contributed by atoms with Crippen LogP contribution in [-0.4, -0.2) is 29.2 Å². The fraction of sp³-hybridized carbons (Fsp3) is 0.556. The number of amides is 1. The molecule has 1 aliphatic heterocycles. The Morgan fingerprint density at radius 1 is 1.48 bits per heavy atom. The molecule has 1 N–H and O–H groups in total. The van der Waals surface area contributed by atoms with Crippen LogP contribution in [0.3, 0.4) is 0 Å². The van der Waals surface area contributed by atoms with Crippen LogP contribution in [0.1, 0.15) is 42.6 Å². The molecule has 122 valence electrons. The highest BCUT2D eigenvalue weighted by Crippen LogP contribution is 2.23. The third kappa shape index (κ3) is 3.65. The summed E-state index contributed by atoms with van der Waals surface area (Å²) in [7, 11) is 0. The molecule has 3 rings (SSSR count). The lowest BCUT2D eigenvalue weighted by atomic mass is 10.1. The number of carbonyl (C=O) groups excluding carboxylic acids is 1. The maximum atomic E-state index is 12.1. The molecule has 1 amide bonds. The Labute approximate surface area is 136 Å². The van der Waals surface area contributed by atoms with Crippen molar-refractivity contribution in [2.45, 2.75) is 58.2 Å². The maximum absolute atomic E-state index is 12.1. The van der Waals surface area contributed by atoms with Gasteiger partial charge < -0.3 is 14.6 Å². The Morgan fingerprint density at radius 3 is 2.87 bits per heavy atom. The van der Waals surface area contributed by atoms with Crippen molar-refractivity contribution < 1.29 is 9.53 Å². The van der Waals surface area contributed by atoms with E-state index in [1.54, 1.807) is 6.08 Å². The minimum absolute atomic E-state index is 0.175. The zero-order valence-corrected chi connectivity index (χ0v) is 13.8. The van der Waals surface area contributed by atoms with Gasteiger partial charge in [-0.25, -0.2) is 0 Å². The standard InChI is InChI=1S/C18H23N3O2/c1-12-8-14(9-15(10-19)18(22)20-16-5-6-16)13(2)21(12)11-17-4-3-7-23-17/h8-9,16-17H,3-7,11H2,1-2H3,(H,20,22)/b15-9+/t17-/m1/s1. The SMILES string of the molecule is Cc1cc(/C=C(\C#N)C(=O)NC2CC2)c(C)n1C[C@H]1CCCO1. The van der Waals surface area contributed by atoms with Crippen LogP contribution in [0.5, 0.6) is 0 Å². The van der Waals surface area contributed by atoms with Crippen LogP contribution >= 0.6 is 0 Å². The molecule has 1 aromatic rings. The number of aryl methyl sites for hydroxylation is 1. The Hall–Kier alpha value is -2.06. The predicted octanol–water partition coefficient (Wildman–Crippen LogP) is 2.47. The molecule has 1 saturated heterocycles.